The minimum atomic E-state index is -0.131. The summed E-state index contributed by atoms with van der Waals surface area (Å²) < 4.78 is 0. The van der Waals surface area contributed by atoms with Crippen LogP contribution < -0.4 is 0 Å². The average Bonchev–Trinajstić information content (AvgIpc) is 2.91. The summed E-state index contributed by atoms with van der Waals surface area (Å²) in [5.74, 6) is 0.832. The van der Waals surface area contributed by atoms with Crippen LogP contribution >= 0.6 is 0 Å². The smallest absolute Gasteiger partial charge is 0.121 e. The SMILES string of the molecule is CC(C)CC(C)(C)C(c1ccccc1O)n1nc2ccccc2n1. The fourth-order valence-corrected chi connectivity index (χ4v) is 3.73. The minimum absolute atomic E-state index is 0.109. The summed E-state index contributed by atoms with van der Waals surface area (Å²) in [5, 5.41) is 19.8. The first-order chi connectivity index (χ1) is 11.4. The molecule has 4 heteroatoms. The van der Waals surface area contributed by atoms with Gasteiger partial charge < -0.3 is 5.11 Å². The molecule has 126 valence electrons. The predicted molar refractivity (Wildman–Crippen MR) is 97.0 cm³/mol. The molecular formula is C20H25N3O. The van der Waals surface area contributed by atoms with Gasteiger partial charge in [-0.05, 0) is 36.0 Å². The van der Waals surface area contributed by atoms with Crippen LogP contribution in [0.15, 0.2) is 48.5 Å². The highest BCUT2D eigenvalue weighted by molar-refractivity contribution is 5.73. The Labute approximate surface area is 143 Å². The summed E-state index contributed by atoms with van der Waals surface area (Å²) in [5.41, 5.74) is 2.50. The van der Waals surface area contributed by atoms with Gasteiger partial charge in [-0.15, -0.1) is 0 Å². The monoisotopic (exact) mass is 323 g/mol. The molecule has 0 bridgehead atoms. The van der Waals surface area contributed by atoms with Gasteiger partial charge in [0, 0.05) is 5.56 Å². The van der Waals surface area contributed by atoms with Gasteiger partial charge in [0.05, 0.1) is 0 Å². The van der Waals surface area contributed by atoms with Crippen molar-refractivity contribution in [3.8, 4) is 5.75 Å². The number of fused-ring (bicyclic) bond motifs is 1. The van der Waals surface area contributed by atoms with Crippen molar-refractivity contribution in [2.75, 3.05) is 0 Å². The molecule has 0 aliphatic heterocycles. The summed E-state index contributed by atoms with van der Waals surface area (Å²) >= 11 is 0. The molecule has 1 aromatic heterocycles. The molecule has 0 aliphatic rings. The summed E-state index contributed by atoms with van der Waals surface area (Å²) in [4.78, 5) is 1.78. The first-order valence-corrected chi connectivity index (χ1v) is 8.48. The topological polar surface area (TPSA) is 50.9 Å². The Morgan fingerprint density at radius 1 is 0.958 bits per heavy atom. The Morgan fingerprint density at radius 3 is 2.04 bits per heavy atom. The Morgan fingerprint density at radius 2 is 1.50 bits per heavy atom. The molecule has 24 heavy (non-hydrogen) atoms. The molecule has 0 radical (unpaired) electrons. The molecule has 0 amide bonds. The standard InChI is InChI=1S/C20H25N3O/c1-14(2)13-20(3,4)19(15-9-5-8-12-18(15)24)23-21-16-10-6-7-11-17(16)22-23/h5-12,14,19,24H,13H2,1-4H3. The maximum Gasteiger partial charge on any atom is 0.121 e. The van der Waals surface area contributed by atoms with E-state index < -0.39 is 0 Å². The van der Waals surface area contributed by atoms with Crippen molar-refractivity contribution < 1.29 is 5.11 Å². The maximum absolute atomic E-state index is 10.4. The largest absolute Gasteiger partial charge is 0.508 e. The third-order valence-corrected chi connectivity index (χ3v) is 4.44. The van der Waals surface area contributed by atoms with E-state index in [0.717, 1.165) is 23.0 Å². The molecule has 1 N–H and O–H groups in total. The van der Waals surface area contributed by atoms with Crippen molar-refractivity contribution in [3.05, 3.63) is 54.1 Å². The zero-order valence-electron chi connectivity index (χ0n) is 14.8. The lowest BCUT2D eigenvalue weighted by Gasteiger charge is -2.35. The van der Waals surface area contributed by atoms with Crippen LogP contribution in [0.2, 0.25) is 0 Å². The van der Waals surface area contributed by atoms with Crippen LogP contribution in [-0.2, 0) is 0 Å². The lowest BCUT2D eigenvalue weighted by atomic mass is 9.75. The van der Waals surface area contributed by atoms with Gasteiger partial charge in [-0.3, -0.25) is 0 Å². The molecule has 0 spiro atoms. The van der Waals surface area contributed by atoms with Crippen LogP contribution in [0.3, 0.4) is 0 Å². The molecule has 3 aromatic rings. The number of phenols is 1. The average molecular weight is 323 g/mol. The highest BCUT2D eigenvalue weighted by atomic mass is 16.3. The quantitative estimate of drug-likeness (QED) is 0.734. The summed E-state index contributed by atoms with van der Waals surface area (Å²) in [6.45, 7) is 8.88. The molecule has 0 saturated carbocycles. The van der Waals surface area contributed by atoms with Crippen molar-refractivity contribution >= 4 is 11.0 Å². The molecule has 0 saturated heterocycles. The number of para-hydroxylation sites is 1. The van der Waals surface area contributed by atoms with E-state index >= 15 is 0 Å². The molecule has 4 nitrogen and oxygen atoms in total. The summed E-state index contributed by atoms with van der Waals surface area (Å²) in [7, 11) is 0. The Kier molecular flexibility index (Phi) is 4.31. The van der Waals surface area contributed by atoms with Crippen molar-refractivity contribution in [2.45, 2.75) is 40.2 Å². The van der Waals surface area contributed by atoms with E-state index in [-0.39, 0.29) is 11.5 Å². The lowest BCUT2D eigenvalue weighted by molar-refractivity contribution is 0.177. The van der Waals surface area contributed by atoms with Gasteiger partial charge in [-0.2, -0.15) is 15.0 Å². The van der Waals surface area contributed by atoms with Crippen LogP contribution in [-0.4, -0.2) is 20.1 Å². The second-order valence-corrected chi connectivity index (χ2v) is 7.56. The van der Waals surface area contributed by atoms with Crippen molar-refractivity contribution in [2.24, 2.45) is 11.3 Å². The molecule has 0 fully saturated rings. The summed E-state index contributed by atoms with van der Waals surface area (Å²) in [6, 6.07) is 15.2. The number of benzene rings is 2. The maximum atomic E-state index is 10.4. The zero-order valence-corrected chi connectivity index (χ0v) is 14.8. The predicted octanol–water partition coefficient (Wildman–Crippen LogP) is 4.80. The van der Waals surface area contributed by atoms with Crippen LogP contribution in [0.25, 0.3) is 11.0 Å². The van der Waals surface area contributed by atoms with Gasteiger partial charge in [0.1, 0.15) is 22.8 Å². The zero-order chi connectivity index (χ0) is 17.3. The second-order valence-electron chi connectivity index (χ2n) is 7.56. The first-order valence-electron chi connectivity index (χ1n) is 8.48. The third-order valence-electron chi connectivity index (χ3n) is 4.44. The first kappa shape index (κ1) is 16.5. The van der Waals surface area contributed by atoms with E-state index in [1.165, 1.54) is 0 Å². The molecule has 0 aliphatic carbocycles. The number of aromatic nitrogens is 3. The van der Waals surface area contributed by atoms with Gasteiger partial charge in [0.2, 0.25) is 0 Å². The number of hydrogen-bond donors (Lipinski definition) is 1. The van der Waals surface area contributed by atoms with E-state index in [4.69, 9.17) is 10.2 Å². The van der Waals surface area contributed by atoms with Gasteiger partial charge in [0.15, 0.2) is 0 Å². The minimum Gasteiger partial charge on any atom is -0.508 e. The van der Waals surface area contributed by atoms with E-state index in [9.17, 15) is 5.11 Å². The number of aromatic hydroxyl groups is 1. The highest BCUT2D eigenvalue weighted by Gasteiger charge is 2.36. The lowest BCUT2D eigenvalue weighted by Crippen LogP contribution is -2.31. The van der Waals surface area contributed by atoms with Crippen LogP contribution in [0.5, 0.6) is 5.75 Å². The van der Waals surface area contributed by atoms with E-state index in [2.05, 4.69) is 27.7 Å². The number of phenolic OH excluding ortho intramolecular Hbond substituents is 1. The molecule has 1 heterocycles. The Bertz CT molecular complexity index is 803. The number of nitrogens with zero attached hydrogens (tertiary/aromatic N) is 3. The van der Waals surface area contributed by atoms with Crippen LogP contribution in [0, 0.1) is 11.3 Å². The fourth-order valence-electron chi connectivity index (χ4n) is 3.73. The third kappa shape index (κ3) is 3.14. The Hall–Kier alpha value is -2.36. The molecule has 3 rings (SSSR count). The van der Waals surface area contributed by atoms with E-state index in [1.54, 1.807) is 10.9 Å². The Balaban J connectivity index is 2.16. The number of rotatable bonds is 5. The molecule has 1 atom stereocenters. The van der Waals surface area contributed by atoms with Gasteiger partial charge in [-0.1, -0.05) is 58.0 Å². The van der Waals surface area contributed by atoms with Crippen molar-refractivity contribution in [1.29, 1.82) is 0 Å². The van der Waals surface area contributed by atoms with E-state index in [0.29, 0.717) is 11.7 Å². The van der Waals surface area contributed by atoms with Gasteiger partial charge in [-0.25, -0.2) is 0 Å². The van der Waals surface area contributed by atoms with Gasteiger partial charge >= 0.3 is 0 Å². The molecule has 2 aromatic carbocycles. The fraction of sp³-hybridized carbons (Fsp3) is 0.400. The number of hydrogen-bond acceptors (Lipinski definition) is 3. The second kappa shape index (κ2) is 6.27. The van der Waals surface area contributed by atoms with Gasteiger partial charge in [0.25, 0.3) is 0 Å². The molecular weight excluding hydrogens is 298 g/mol. The van der Waals surface area contributed by atoms with Crippen molar-refractivity contribution in [1.82, 2.24) is 15.0 Å². The highest BCUT2D eigenvalue weighted by Crippen LogP contribution is 2.43. The summed E-state index contributed by atoms with van der Waals surface area (Å²) in [6.07, 6.45) is 1.00. The van der Waals surface area contributed by atoms with E-state index in [1.807, 2.05) is 42.5 Å². The van der Waals surface area contributed by atoms with Crippen molar-refractivity contribution in [3.63, 3.8) is 0 Å². The normalized spacial score (nSPS) is 13.5. The van der Waals surface area contributed by atoms with Crippen LogP contribution in [0.1, 0.15) is 45.7 Å². The molecule has 1 unspecified atom stereocenters. The van der Waals surface area contributed by atoms with Crippen LogP contribution in [0.4, 0.5) is 0 Å².